The number of hydrogen-bond acceptors (Lipinski definition) is 4. The summed E-state index contributed by atoms with van der Waals surface area (Å²) in [6, 6.07) is 5.85. The van der Waals surface area contributed by atoms with Crippen molar-refractivity contribution in [2.45, 2.75) is 19.8 Å². The first-order valence-corrected chi connectivity index (χ1v) is 6.48. The monoisotopic (exact) mass is 252 g/mol. The molecule has 0 aromatic heterocycles. The van der Waals surface area contributed by atoms with Crippen LogP contribution in [0.5, 0.6) is 11.5 Å². The molecular formula is C14H24N2O2. The topological polar surface area (TPSA) is 42.5 Å². The Bertz CT molecular complexity index is 343. The number of benzene rings is 1. The predicted octanol–water partition coefficient (Wildman–Crippen LogP) is 2.51. The van der Waals surface area contributed by atoms with E-state index in [1.54, 1.807) is 14.2 Å². The first kappa shape index (κ1) is 14.6. The molecule has 0 amide bonds. The molecule has 0 spiro atoms. The lowest BCUT2D eigenvalue weighted by Crippen LogP contribution is -2.23. The van der Waals surface area contributed by atoms with Gasteiger partial charge in [-0.15, -0.1) is 0 Å². The average Bonchev–Trinajstić information content (AvgIpc) is 2.42. The van der Waals surface area contributed by atoms with Crippen molar-refractivity contribution < 1.29 is 9.47 Å². The summed E-state index contributed by atoms with van der Waals surface area (Å²) >= 11 is 0. The van der Waals surface area contributed by atoms with Crippen molar-refractivity contribution in [3.63, 3.8) is 0 Å². The molecule has 0 unspecified atom stereocenters. The minimum atomic E-state index is 0.751. The molecule has 0 saturated heterocycles. The Morgan fingerprint density at radius 2 is 1.78 bits per heavy atom. The van der Waals surface area contributed by atoms with Gasteiger partial charge in [0, 0.05) is 24.8 Å². The molecule has 0 atom stereocenters. The Balaban J connectivity index is 2.34. The fourth-order valence-electron chi connectivity index (χ4n) is 1.67. The van der Waals surface area contributed by atoms with Crippen molar-refractivity contribution in [3.05, 3.63) is 18.2 Å². The number of nitrogens with one attached hydrogen (secondary N) is 2. The molecule has 4 heteroatoms. The average molecular weight is 252 g/mol. The molecule has 102 valence electrons. The summed E-state index contributed by atoms with van der Waals surface area (Å²) in [5.74, 6) is 1.51. The largest absolute Gasteiger partial charge is 0.493 e. The third-order valence-electron chi connectivity index (χ3n) is 2.72. The van der Waals surface area contributed by atoms with Gasteiger partial charge in [-0.3, -0.25) is 0 Å². The fraction of sp³-hybridized carbons (Fsp3) is 0.571. The van der Waals surface area contributed by atoms with Crippen molar-refractivity contribution in [1.29, 1.82) is 0 Å². The standard InChI is InChI=1S/C14H24N2O2/c1-4-5-8-15-9-10-16-12-6-7-13(17-2)14(11-12)18-3/h6-7,11,15-16H,4-5,8-10H2,1-3H3. The first-order chi connectivity index (χ1) is 8.81. The van der Waals surface area contributed by atoms with E-state index in [0.29, 0.717) is 0 Å². The SMILES string of the molecule is CCCCNCCNc1ccc(OC)c(OC)c1. The summed E-state index contributed by atoms with van der Waals surface area (Å²) in [6.07, 6.45) is 2.46. The van der Waals surface area contributed by atoms with Crippen LogP contribution in [0, 0.1) is 0 Å². The highest BCUT2D eigenvalue weighted by molar-refractivity contribution is 5.54. The number of methoxy groups -OCH3 is 2. The van der Waals surface area contributed by atoms with Crippen molar-refractivity contribution in [2.24, 2.45) is 0 Å². The van der Waals surface area contributed by atoms with E-state index in [-0.39, 0.29) is 0 Å². The zero-order chi connectivity index (χ0) is 13.2. The van der Waals surface area contributed by atoms with Gasteiger partial charge in [0.05, 0.1) is 14.2 Å². The highest BCUT2D eigenvalue weighted by atomic mass is 16.5. The molecule has 0 aliphatic heterocycles. The fourth-order valence-corrected chi connectivity index (χ4v) is 1.67. The number of anilines is 1. The second-order valence-corrected chi connectivity index (χ2v) is 4.10. The third kappa shape index (κ3) is 4.84. The van der Waals surface area contributed by atoms with Gasteiger partial charge in [0.15, 0.2) is 11.5 Å². The number of unbranched alkanes of at least 4 members (excludes halogenated alkanes) is 1. The Labute approximate surface area is 110 Å². The zero-order valence-electron chi connectivity index (χ0n) is 11.6. The number of ether oxygens (including phenoxy) is 2. The quantitative estimate of drug-likeness (QED) is 0.663. The molecule has 0 aliphatic carbocycles. The van der Waals surface area contributed by atoms with Crippen LogP contribution in [0.1, 0.15) is 19.8 Å². The summed E-state index contributed by atoms with van der Waals surface area (Å²) in [7, 11) is 3.29. The van der Waals surface area contributed by atoms with Gasteiger partial charge in [-0.2, -0.15) is 0 Å². The molecule has 0 saturated carbocycles. The molecule has 1 aromatic rings. The van der Waals surface area contributed by atoms with Crippen LogP contribution < -0.4 is 20.1 Å². The lowest BCUT2D eigenvalue weighted by molar-refractivity contribution is 0.355. The summed E-state index contributed by atoms with van der Waals surface area (Å²) in [4.78, 5) is 0. The van der Waals surface area contributed by atoms with Gasteiger partial charge < -0.3 is 20.1 Å². The molecule has 0 fully saturated rings. The van der Waals surface area contributed by atoms with Gasteiger partial charge in [-0.05, 0) is 25.1 Å². The normalized spacial score (nSPS) is 10.2. The lowest BCUT2D eigenvalue weighted by atomic mass is 10.2. The summed E-state index contributed by atoms with van der Waals surface area (Å²) < 4.78 is 10.5. The molecule has 1 aromatic carbocycles. The van der Waals surface area contributed by atoms with Crippen LogP contribution in [0.2, 0.25) is 0 Å². The third-order valence-corrected chi connectivity index (χ3v) is 2.72. The molecular weight excluding hydrogens is 228 g/mol. The van der Waals surface area contributed by atoms with Gasteiger partial charge in [0.25, 0.3) is 0 Å². The summed E-state index contributed by atoms with van der Waals surface area (Å²) in [6.45, 7) is 5.15. The van der Waals surface area contributed by atoms with Crippen LogP contribution >= 0.6 is 0 Å². The smallest absolute Gasteiger partial charge is 0.162 e. The van der Waals surface area contributed by atoms with Gasteiger partial charge in [0.1, 0.15) is 0 Å². The molecule has 1 rings (SSSR count). The second kappa shape index (κ2) is 8.64. The maximum absolute atomic E-state index is 5.26. The first-order valence-electron chi connectivity index (χ1n) is 6.48. The molecule has 0 aliphatic rings. The van der Waals surface area contributed by atoms with E-state index >= 15 is 0 Å². The molecule has 0 bridgehead atoms. The minimum absolute atomic E-state index is 0.751. The highest BCUT2D eigenvalue weighted by Crippen LogP contribution is 2.29. The maximum Gasteiger partial charge on any atom is 0.162 e. The van der Waals surface area contributed by atoms with Crippen molar-refractivity contribution >= 4 is 5.69 Å². The van der Waals surface area contributed by atoms with Gasteiger partial charge in [0.2, 0.25) is 0 Å². The predicted molar refractivity (Wildman–Crippen MR) is 75.8 cm³/mol. The Kier molecular flexibility index (Phi) is 7.03. The molecule has 18 heavy (non-hydrogen) atoms. The van der Waals surface area contributed by atoms with Crippen LogP contribution in [-0.2, 0) is 0 Å². The maximum atomic E-state index is 5.26. The summed E-state index contributed by atoms with van der Waals surface area (Å²) in [5.41, 5.74) is 1.05. The van der Waals surface area contributed by atoms with E-state index in [9.17, 15) is 0 Å². The summed E-state index contributed by atoms with van der Waals surface area (Å²) in [5, 5.41) is 6.74. The number of rotatable bonds is 9. The van der Waals surface area contributed by atoms with Crippen molar-refractivity contribution in [2.75, 3.05) is 39.2 Å². The zero-order valence-corrected chi connectivity index (χ0v) is 11.6. The van der Waals surface area contributed by atoms with Crippen LogP contribution in [0.25, 0.3) is 0 Å². The van der Waals surface area contributed by atoms with E-state index in [1.165, 1.54) is 12.8 Å². The lowest BCUT2D eigenvalue weighted by Gasteiger charge is -2.11. The van der Waals surface area contributed by atoms with Crippen LogP contribution in [0.15, 0.2) is 18.2 Å². The van der Waals surface area contributed by atoms with E-state index < -0.39 is 0 Å². The van der Waals surface area contributed by atoms with Crippen LogP contribution in [-0.4, -0.2) is 33.9 Å². The molecule has 4 nitrogen and oxygen atoms in total. The molecule has 0 radical (unpaired) electrons. The van der Waals surface area contributed by atoms with Crippen LogP contribution in [0.3, 0.4) is 0 Å². The van der Waals surface area contributed by atoms with E-state index in [1.807, 2.05) is 18.2 Å². The second-order valence-electron chi connectivity index (χ2n) is 4.10. The van der Waals surface area contributed by atoms with Gasteiger partial charge >= 0.3 is 0 Å². The Morgan fingerprint density at radius 1 is 1.00 bits per heavy atom. The van der Waals surface area contributed by atoms with E-state index in [0.717, 1.165) is 36.8 Å². The molecule has 2 N–H and O–H groups in total. The Morgan fingerprint density at radius 3 is 2.44 bits per heavy atom. The van der Waals surface area contributed by atoms with Gasteiger partial charge in [-0.1, -0.05) is 13.3 Å². The highest BCUT2D eigenvalue weighted by Gasteiger charge is 2.03. The van der Waals surface area contributed by atoms with Crippen molar-refractivity contribution in [3.8, 4) is 11.5 Å². The van der Waals surface area contributed by atoms with Crippen molar-refractivity contribution in [1.82, 2.24) is 5.32 Å². The Hall–Kier alpha value is -1.42. The number of hydrogen-bond donors (Lipinski definition) is 2. The van der Waals surface area contributed by atoms with E-state index in [4.69, 9.17) is 9.47 Å². The van der Waals surface area contributed by atoms with Crippen LogP contribution in [0.4, 0.5) is 5.69 Å². The molecule has 0 heterocycles. The van der Waals surface area contributed by atoms with Gasteiger partial charge in [-0.25, -0.2) is 0 Å². The van der Waals surface area contributed by atoms with E-state index in [2.05, 4.69) is 17.6 Å². The minimum Gasteiger partial charge on any atom is -0.493 e.